The lowest BCUT2D eigenvalue weighted by Gasteiger charge is -2.27. The van der Waals surface area contributed by atoms with Crippen molar-refractivity contribution in [3.8, 4) is 0 Å². The summed E-state index contributed by atoms with van der Waals surface area (Å²) in [5.41, 5.74) is 2.69. The smallest absolute Gasteiger partial charge is 0.253 e. The summed E-state index contributed by atoms with van der Waals surface area (Å²) >= 11 is 5.59. The minimum absolute atomic E-state index is 0.0513. The molecule has 5 nitrogen and oxygen atoms in total. The Labute approximate surface area is 161 Å². The molecule has 1 aromatic carbocycles. The van der Waals surface area contributed by atoms with Crippen molar-refractivity contribution in [1.82, 2.24) is 20.1 Å². The number of aryl methyl sites for hydroxylation is 1. The quantitative estimate of drug-likeness (QED) is 0.730. The summed E-state index contributed by atoms with van der Waals surface area (Å²) in [5.74, 6) is 0.510. The molecular weight excluding hydrogens is 344 g/mol. The normalized spacial score (nSPS) is 11.3. The van der Waals surface area contributed by atoms with Crippen molar-refractivity contribution in [3.63, 3.8) is 0 Å². The molecule has 0 aliphatic carbocycles. The first-order valence-corrected chi connectivity index (χ1v) is 9.47. The number of aromatic amines is 1. The van der Waals surface area contributed by atoms with Crippen molar-refractivity contribution < 1.29 is 0 Å². The number of likely N-dealkylation sites (N-methyl/N-ethyl adjacent to an activating group) is 1. The van der Waals surface area contributed by atoms with Crippen LogP contribution in [-0.4, -0.2) is 53.6 Å². The first-order chi connectivity index (χ1) is 12.3. The standard InChI is InChI=1S/C20H30N4OS/c1-14(2)12-21-20(26)24(9-8-23(4)5)13-17-11-16-7-6-15(3)10-18(16)22-19(17)25/h6-7,10-11,14H,8-9,12-13H2,1-5H3,(H,21,26)(H,22,25). The van der Waals surface area contributed by atoms with Crippen LogP contribution < -0.4 is 10.9 Å². The Morgan fingerprint density at radius 2 is 1.96 bits per heavy atom. The molecule has 0 saturated carbocycles. The van der Waals surface area contributed by atoms with Crippen LogP contribution in [0.2, 0.25) is 0 Å². The minimum Gasteiger partial charge on any atom is -0.362 e. The molecule has 0 saturated heterocycles. The average Bonchev–Trinajstić information content (AvgIpc) is 2.56. The molecule has 2 aromatic rings. The van der Waals surface area contributed by atoms with Crippen LogP contribution in [0, 0.1) is 12.8 Å². The van der Waals surface area contributed by atoms with Crippen molar-refractivity contribution >= 4 is 28.2 Å². The van der Waals surface area contributed by atoms with E-state index in [1.807, 2.05) is 39.2 Å². The Morgan fingerprint density at radius 1 is 1.23 bits per heavy atom. The van der Waals surface area contributed by atoms with Crippen LogP contribution in [0.3, 0.4) is 0 Å². The predicted molar refractivity (Wildman–Crippen MR) is 114 cm³/mol. The molecule has 0 atom stereocenters. The van der Waals surface area contributed by atoms with E-state index >= 15 is 0 Å². The summed E-state index contributed by atoms with van der Waals surface area (Å²) in [6.07, 6.45) is 0. The zero-order valence-corrected chi connectivity index (χ0v) is 17.2. The van der Waals surface area contributed by atoms with E-state index in [4.69, 9.17) is 12.2 Å². The van der Waals surface area contributed by atoms with Crippen LogP contribution >= 0.6 is 12.2 Å². The number of benzene rings is 1. The lowest BCUT2D eigenvalue weighted by Crippen LogP contribution is -2.44. The first kappa shape index (κ1) is 20.4. The van der Waals surface area contributed by atoms with Gasteiger partial charge in [0.15, 0.2) is 5.11 Å². The maximum absolute atomic E-state index is 12.6. The Balaban J connectivity index is 2.24. The van der Waals surface area contributed by atoms with Crippen molar-refractivity contribution in [2.75, 3.05) is 33.7 Å². The summed E-state index contributed by atoms with van der Waals surface area (Å²) in [6.45, 7) is 9.27. The average molecular weight is 375 g/mol. The number of pyridine rings is 1. The highest BCUT2D eigenvalue weighted by Gasteiger charge is 2.14. The van der Waals surface area contributed by atoms with Gasteiger partial charge in [0.05, 0.1) is 6.54 Å². The van der Waals surface area contributed by atoms with Gasteiger partial charge in [0.1, 0.15) is 0 Å². The number of nitrogens with zero attached hydrogens (tertiary/aromatic N) is 2. The molecule has 1 heterocycles. The zero-order valence-electron chi connectivity index (χ0n) is 16.4. The molecule has 0 radical (unpaired) electrons. The number of rotatable bonds is 7. The predicted octanol–water partition coefficient (Wildman–Crippen LogP) is 2.73. The van der Waals surface area contributed by atoms with Crippen LogP contribution in [0.4, 0.5) is 0 Å². The SMILES string of the molecule is Cc1ccc2cc(CN(CCN(C)C)C(=S)NCC(C)C)c(=O)[nH]c2c1. The van der Waals surface area contributed by atoms with Gasteiger partial charge < -0.3 is 20.1 Å². The molecule has 0 amide bonds. The maximum atomic E-state index is 12.6. The molecule has 142 valence electrons. The molecule has 6 heteroatoms. The van der Waals surface area contributed by atoms with E-state index in [-0.39, 0.29) is 5.56 Å². The van der Waals surface area contributed by atoms with Crippen molar-refractivity contribution in [2.45, 2.75) is 27.3 Å². The highest BCUT2D eigenvalue weighted by atomic mass is 32.1. The fraction of sp³-hybridized carbons (Fsp3) is 0.500. The molecule has 0 aliphatic rings. The van der Waals surface area contributed by atoms with Crippen LogP contribution in [0.25, 0.3) is 10.9 Å². The molecule has 0 fully saturated rings. The molecule has 0 unspecified atom stereocenters. The Morgan fingerprint density at radius 3 is 2.62 bits per heavy atom. The third kappa shape index (κ3) is 5.81. The van der Waals surface area contributed by atoms with E-state index in [1.54, 1.807) is 0 Å². The van der Waals surface area contributed by atoms with E-state index < -0.39 is 0 Å². The van der Waals surface area contributed by atoms with Gasteiger partial charge in [0.2, 0.25) is 0 Å². The third-order valence-electron chi connectivity index (χ3n) is 4.21. The lowest BCUT2D eigenvalue weighted by atomic mass is 10.1. The van der Waals surface area contributed by atoms with Crippen molar-refractivity contribution in [3.05, 3.63) is 45.7 Å². The molecule has 0 spiro atoms. The first-order valence-electron chi connectivity index (χ1n) is 9.06. The monoisotopic (exact) mass is 374 g/mol. The van der Waals surface area contributed by atoms with Crippen LogP contribution in [0.15, 0.2) is 29.1 Å². The third-order valence-corrected chi connectivity index (χ3v) is 4.61. The number of hydrogen-bond donors (Lipinski definition) is 2. The molecular formula is C20H30N4OS. The molecule has 26 heavy (non-hydrogen) atoms. The fourth-order valence-electron chi connectivity index (χ4n) is 2.66. The minimum atomic E-state index is -0.0513. The Hall–Kier alpha value is -1.92. The van der Waals surface area contributed by atoms with E-state index in [0.717, 1.165) is 41.7 Å². The van der Waals surface area contributed by atoms with Gasteiger partial charge in [-0.15, -0.1) is 0 Å². The second kappa shape index (κ2) is 9.14. The zero-order chi connectivity index (χ0) is 19.3. The highest BCUT2D eigenvalue weighted by Crippen LogP contribution is 2.14. The maximum Gasteiger partial charge on any atom is 0.253 e. The largest absolute Gasteiger partial charge is 0.362 e. The summed E-state index contributed by atoms with van der Waals surface area (Å²) in [7, 11) is 4.07. The van der Waals surface area contributed by atoms with Crippen LogP contribution in [0.1, 0.15) is 25.0 Å². The molecule has 0 aliphatic heterocycles. The van der Waals surface area contributed by atoms with Crippen molar-refractivity contribution in [1.29, 1.82) is 0 Å². The molecule has 1 aromatic heterocycles. The van der Waals surface area contributed by atoms with Gasteiger partial charge in [-0.05, 0) is 62.2 Å². The van der Waals surface area contributed by atoms with Gasteiger partial charge in [-0.3, -0.25) is 4.79 Å². The van der Waals surface area contributed by atoms with Crippen LogP contribution in [0.5, 0.6) is 0 Å². The summed E-state index contributed by atoms with van der Waals surface area (Å²) < 4.78 is 0. The summed E-state index contributed by atoms with van der Waals surface area (Å²) in [6, 6.07) is 8.08. The van der Waals surface area contributed by atoms with Gasteiger partial charge in [0.25, 0.3) is 5.56 Å². The van der Waals surface area contributed by atoms with Gasteiger partial charge >= 0.3 is 0 Å². The van der Waals surface area contributed by atoms with Crippen LogP contribution in [-0.2, 0) is 6.54 Å². The highest BCUT2D eigenvalue weighted by molar-refractivity contribution is 7.80. The number of aromatic nitrogens is 1. The summed E-state index contributed by atoms with van der Waals surface area (Å²) in [5, 5.41) is 5.06. The van der Waals surface area contributed by atoms with Gasteiger partial charge in [-0.2, -0.15) is 0 Å². The molecule has 2 rings (SSSR count). The second-order valence-electron chi connectivity index (χ2n) is 7.52. The second-order valence-corrected chi connectivity index (χ2v) is 7.91. The topological polar surface area (TPSA) is 51.4 Å². The number of thiocarbonyl (C=S) groups is 1. The van der Waals surface area contributed by atoms with Crippen molar-refractivity contribution in [2.24, 2.45) is 5.92 Å². The van der Waals surface area contributed by atoms with E-state index in [2.05, 4.69) is 40.0 Å². The number of H-pyrrole nitrogens is 1. The van der Waals surface area contributed by atoms with Gasteiger partial charge in [0, 0.05) is 30.7 Å². The van der Waals surface area contributed by atoms with E-state index in [0.29, 0.717) is 17.6 Å². The lowest BCUT2D eigenvalue weighted by molar-refractivity contribution is 0.321. The number of hydrogen-bond acceptors (Lipinski definition) is 3. The molecule has 2 N–H and O–H groups in total. The Bertz CT molecular complexity index is 813. The number of fused-ring (bicyclic) bond motifs is 1. The number of nitrogens with one attached hydrogen (secondary N) is 2. The molecule has 0 bridgehead atoms. The van der Waals surface area contributed by atoms with Gasteiger partial charge in [-0.25, -0.2) is 0 Å². The van der Waals surface area contributed by atoms with E-state index in [9.17, 15) is 4.79 Å². The Kier molecular flexibility index (Phi) is 7.17. The van der Waals surface area contributed by atoms with E-state index in [1.165, 1.54) is 0 Å². The summed E-state index contributed by atoms with van der Waals surface area (Å²) in [4.78, 5) is 19.7. The fourth-order valence-corrected chi connectivity index (χ4v) is 2.90. The van der Waals surface area contributed by atoms with Gasteiger partial charge in [-0.1, -0.05) is 26.0 Å².